The van der Waals surface area contributed by atoms with Crippen LogP contribution in [-0.4, -0.2) is 102 Å². The molecule has 0 aliphatic rings. The number of hydrogen-bond donors (Lipinski definition) is 5. The molecule has 2 rings (SSSR count). The lowest BCUT2D eigenvalue weighted by Crippen LogP contribution is -2.62. The molecule has 54 heavy (non-hydrogen) atoms. The van der Waals surface area contributed by atoms with Gasteiger partial charge in [0.1, 0.15) is 23.7 Å². The summed E-state index contributed by atoms with van der Waals surface area (Å²) in [6.07, 6.45) is -13.5. The number of hydrogen-bond acceptors (Lipinski definition) is 9. The molecule has 1 aromatic heterocycles. The minimum Gasteiger partial charge on any atom is -0.453 e. The van der Waals surface area contributed by atoms with Crippen LogP contribution >= 0.6 is 0 Å². The first-order valence-corrected chi connectivity index (χ1v) is 15.3. The van der Waals surface area contributed by atoms with Crippen LogP contribution in [0.5, 0.6) is 0 Å². The third-order valence-electron chi connectivity index (χ3n) is 8.16. The Labute approximate surface area is 300 Å². The number of hydrazine groups is 1. The molecule has 14 nitrogen and oxygen atoms in total. The summed E-state index contributed by atoms with van der Waals surface area (Å²) >= 11 is 0. The summed E-state index contributed by atoms with van der Waals surface area (Å²) in [5.74, 6) is -5.94. The van der Waals surface area contributed by atoms with E-state index in [2.05, 4.69) is 14.6 Å². The molecule has 0 spiro atoms. The maximum atomic E-state index is 15.4. The maximum Gasteiger partial charge on any atom is 0.407 e. The number of nitrogens with zero attached hydrogens (tertiary/aromatic N) is 3. The van der Waals surface area contributed by atoms with E-state index in [0.717, 1.165) is 26.6 Å². The van der Waals surface area contributed by atoms with Crippen LogP contribution in [0, 0.1) is 22.5 Å². The summed E-state index contributed by atoms with van der Waals surface area (Å²) < 4.78 is 149. The summed E-state index contributed by atoms with van der Waals surface area (Å²) in [6, 6.07) is -3.50. The van der Waals surface area contributed by atoms with Crippen molar-refractivity contribution in [2.75, 3.05) is 27.3 Å². The van der Waals surface area contributed by atoms with Gasteiger partial charge in [-0.1, -0.05) is 0 Å². The molecule has 24 heteroatoms. The first-order chi connectivity index (χ1) is 24.7. The number of aliphatic hydroxyl groups is 1. The first kappa shape index (κ1) is 45.3. The minimum absolute atomic E-state index is 0.157. The van der Waals surface area contributed by atoms with Gasteiger partial charge in [0.15, 0.2) is 0 Å². The van der Waals surface area contributed by atoms with Crippen molar-refractivity contribution < 1.29 is 77.7 Å². The van der Waals surface area contributed by atoms with Crippen LogP contribution in [0.3, 0.4) is 0 Å². The predicted molar refractivity (Wildman–Crippen MR) is 165 cm³/mol. The highest BCUT2D eigenvalue weighted by atomic mass is 19.4. The number of carbonyl (C=O) groups excluding carboxylic acids is 4. The van der Waals surface area contributed by atoms with Crippen molar-refractivity contribution >= 4 is 24.0 Å². The molecule has 4 amide bonds. The summed E-state index contributed by atoms with van der Waals surface area (Å²) in [5.41, 5.74) is -5.41. The van der Waals surface area contributed by atoms with E-state index in [1.807, 2.05) is 10.7 Å². The molecule has 2 aromatic rings. The van der Waals surface area contributed by atoms with Crippen LogP contribution in [0.1, 0.15) is 39.8 Å². The zero-order valence-electron chi connectivity index (χ0n) is 29.3. The van der Waals surface area contributed by atoms with E-state index in [1.54, 1.807) is 10.6 Å². The number of amides is 4. The molecule has 0 saturated heterocycles. The number of alkyl carbamates (subject to hydrolysis) is 2. The first-order valence-electron chi connectivity index (χ1n) is 15.3. The van der Waals surface area contributed by atoms with E-state index in [1.165, 1.54) is 0 Å². The average Bonchev–Trinajstić information content (AvgIpc) is 3.56. The monoisotopic (exact) mass is 797 g/mol. The molecule has 0 aliphatic carbocycles. The molecule has 0 radical (unpaired) electrons. The Morgan fingerprint density at radius 3 is 1.70 bits per heavy atom. The Morgan fingerprint density at radius 1 is 0.833 bits per heavy atom. The fourth-order valence-electron chi connectivity index (χ4n) is 4.54. The Kier molecular flexibility index (Phi) is 14.7. The van der Waals surface area contributed by atoms with Crippen LogP contribution in [0.25, 0.3) is 11.1 Å². The lowest BCUT2D eigenvalue weighted by atomic mass is 9.83. The molecular formula is C30H37F10N7O7. The second-order valence-electron chi connectivity index (χ2n) is 12.7. The molecule has 0 aliphatic heterocycles. The number of aliphatic hydroxyl groups excluding tert-OH is 1. The second-order valence-corrected chi connectivity index (χ2v) is 12.7. The number of rotatable bonds is 15. The maximum absolute atomic E-state index is 15.4. The highest BCUT2D eigenvalue weighted by Gasteiger charge is 2.57. The van der Waals surface area contributed by atoms with Crippen molar-refractivity contribution in [3.8, 4) is 11.1 Å². The lowest BCUT2D eigenvalue weighted by molar-refractivity contribution is -0.221. The van der Waals surface area contributed by atoms with Crippen molar-refractivity contribution in [2.45, 2.75) is 71.3 Å². The van der Waals surface area contributed by atoms with Gasteiger partial charge in [0.05, 0.1) is 37.4 Å². The third-order valence-corrected chi connectivity index (χ3v) is 8.16. The highest BCUT2D eigenvalue weighted by molar-refractivity contribution is 5.87. The standard InChI is InChI=1S/C30H37F10N7O7/c1-27(2,29(35,36)37)20(43-25(51)53-5)22(49)41-10-16(48)12-46(45-23(50)21(44-26(52)54-6)28(3,4)30(38,39)40)13-17-18(31)7-14(8-19(17)32)15-9-42-47(11-15)24(33)34/h7-9,11,16,20-21,24,48H,10,12-13H2,1-6H3,(H,41,49)(H,43,51)(H,44,52)(H,45,50)/t16-,20?,21-/m1/s1. The predicted octanol–water partition coefficient (Wildman–Crippen LogP) is 4.16. The molecule has 0 bridgehead atoms. The third kappa shape index (κ3) is 11.1. The summed E-state index contributed by atoms with van der Waals surface area (Å²) in [7, 11) is 1.58. The van der Waals surface area contributed by atoms with E-state index < -0.39 is 109 Å². The van der Waals surface area contributed by atoms with Gasteiger partial charge in [0, 0.05) is 37.0 Å². The normalized spacial score (nSPS) is 14.3. The Hall–Kier alpha value is -4.87. The van der Waals surface area contributed by atoms with Gasteiger partial charge in [-0.3, -0.25) is 15.0 Å². The molecule has 1 aromatic carbocycles. The molecule has 0 saturated carbocycles. The van der Waals surface area contributed by atoms with Crippen LogP contribution in [0.15, 0.2) is 24.5 Å². The number of alkyl halides is 8. The second kappa shape index (κ2) is 17.5. The lowest BCUT2D eigenvalue weighted by Gasteiger charge is -2.37. The SMILES string of the molecule is COC(=O)NC(C(=O)NC[C@@H](O)CN(Cc1c(F)cc(-c2cnn(C(F)F)c2)cc1F)NC(=O)[C@@H](NC(=O)OC)C(C)(C)C(F)(F)F)C(C)(C)C(F)(F)F. The summed E-state index contributed by atoms with van der Waals surface area (Å²) in [5, 5.41) is 20.0. The molecule has 1 unspecified atom stereocenters. The topological polar surface area (TPSA) is 176 Å². The molecule has 0 fully saturated rings. The van der Waals surface area contributed by atoms with Crippen molar-refractivity contribution in [2.24, 2.45) is 10.8 Å². The molecule has 1 heterocycles. The highest BCUT2D eigenvalue weighted by Crippen LogP contribution is 2.41. The Bertz CT molecular complexity index is 1630. The van der Waals surface area contributed by atoms with E-state index >= 15 is 8.78 Å². The Balaban J connectivity index is 2.49. The van der Waals surface area contributed by atoms with E-state index in [4.69, 9.17) is 0 Å². The smallest absolute Gasteiger partial charge is 0.407 e. The largest absolute Gasteiger partial charge is 0.453 e. The molecule has 3 atom stereocenters. The fourth-order valence-corrected chi connectivity index (χ4v) is 4.54. The fraction of sp³-hybridized carbons (Fsp3) is 0.567. The van der Waals surface area contributed by atoms with Gasteiger partial charge < -0.3 is 30.5 Å². The quantitative estimate of drug-likeness (QED) is 0.131. The van der Waals surface area contributed by atoms with Crippen molar-refractivity contribution in [1.29, 1.82) is 0 Å². The molecule has 5 N–H and O–H groups in total. The van der Waals surface area contributed by atoms with Crippen LogP contribution in [0.4, 0.5) is 53.5 Å². The molecular weight excluding hydrogens is 760 g/mol. The number of methoxy groups -OCH3 is 2. The zero-order chi connectivity index (χ0) is 41.6. The van der Waals surface area contributed by atoms with Crippen LogP contribution in [0.2, 0.25) is 0 Å². The number of halogens is 10. The van der Waals surface area contributed by atoms with E-state index in [0.29, 0.717) is 44.8 Å². The number of ether oxygens (including phenoxy) is 2. The number of nitrogens with one attached hydrogen (secondary N) is 4. The summed E-state index contributed by atoms with van der Waals surface area (Å²) in [4.78, 5) is 49.9. The summed E-state index contributed by atoms with van der Waals surface area (Å²) in [6.45, 7) is -3.99. The number of benzene rings is 1. The van der Waals surface area contributed by atoms with Gasteiger partial charge in [-0.15, -0.1) is 0 Å². The van der Waals surface area contributed by atoms with E-state index in [9.17, 15) is 59.4 Å². The van der Waals surface area contributed by atoms with Gasteiger partial charge in [0.25, 0.3) is 5.91 Å². The van der Waals surface area contributed by atoms with Gasteiger partial charge >= 0.3 is 31.1 Å². The van der Waals surface area contributed by atoms with Crippen molar-refractivity contribution in [3.05, 3.63) is 41.7 Å². The van der Waals surface area contributed by atoms with Gasteiger partial charge in [0.2, 0.25) is 5.91 Å². The zero-order valence-corrected chi connectivity index (χ0v) is 29.3. The van der Waals surface area contributed by atoms with Crippen LogP contribution in [-0.2, 0) is 25.6 Å². The van der Waals surface area contributed by atoms with Gasteiger partial charge in [-0.05, 0) is 45.4 Å². The number of carbonyl (C=O) groups is 4. The van der Waals surface area contributed by atoms with Crippen molar-refractivity contribution in [1.82, 2.24) is 36.2 Å². The molecule has 304 valence electrons. The van der Waals surface area contributed by atoms with E-state index in [-0.39, 0.29) is 15.8 Å². The average molecular weight is 798 g/mol. The minimum atomic E-state index is -5.17. The van der Waals surface area contributed by atoms with Gasteiger partial charge in [-0.25, -0.2) is 28.1 Å². The van der Waals surface area contributed by atoms with Gasteiger partial charge in [-0.2, -0.15) is 40.2 Å². The Morgan fingerprint density at radius 2 is 1.30 bits per heavy atom. The van der Waals surface area contributed by atoms with Crippen LogP contribution < -0.4 is 21.4 Å². The van der Waals surface area contributed by atoms with Crippen molar-refractivity contribution in [3.63, 3.8) is 0 Å². The number of aromatic nitrogens is 2.